The Kier molecular flexibility index (Phi) is 4.86. The van der Waals surface area contributed by atoms with Crippen LogP contribution in [0.4, 0.5) is 0 Å². The number of rotatable bonds is 2. The van der Waals surface area contributed by atoms with Crippen LogP contribution in [0.3, 0.4) is 0 Å². The van der Waals surface area contributed by atoms with Gasteiger partial charge in [0.2, 0.25) is 23.1 Å². The molecule has 0 aromatic heterocycles. The van der Waals surface area contributed by atoms with E-state index >= 15 is 0 Å². The Morgan fingerprint density at radius 2 is 1.09 bits per heavy atom. The lowest BCUT2D eigenvalue weighted by molar-refractivity contribution is -0.157. The van der Waals surface area contributed by atoms with E-state index in [1.807, 2.05) is 6.92 Å². The molecule has 4 heteroatoms. The van der Waals surface area contributed by atoms with Gasteiger partial charge in [-0.25, -0.2) is 0 Å². The van der Waals surface area contributed by atoms with Crippen LogP contribution in [0.2, 0.25) is 0 Å². The smallest absolute Gasteiger partial charge is 0.212 e. The van der Waals surface area contributed by atoms with Crippen molar-refractivity contribution in [3.8, 4) is 0 Å². The number of hydrogen-bond donors (Lipinski definition) is 0. The van der Waals surface area contributed by atoms with Crippen LogP contribution >= 0.6 is 0 Å². The van der Waals surface area contributed by atoms with Crippen LogP contribution < -0.4 is 0 Å². The number of ketones is 4. The first kappa shape index (κ1) is 18.7. The molecule has 0 heterocycles. The Morgan fingerprint density at radius 1 is 0.773 bits per heavy atom. The van der Waals surface area contributed by atoms with Gasteiger partial charge in [-0.3, -0.25) is 19.2 Å². The molecule has 0 radical (unpaired) electrons. The van der Waals surface area contributed by atoms with E-state index in [4.69, 9.17) is 0 Å². The van der Waals surface area contributed by atoms with Crippen LogP contribution in [0, 0.1) is 22.2 Å². The molecule has 4 nitrogen and oxygen atoms in total. The highest BCUT2D eigenvalue weighted by Gasteiger charge is 2.55. The van der Waals surface area contributed by atoms with E-state index in [9.17, 15) is 19.2 Å². The molecule has 1 rings (SSSR count). The summed E-state index contributed by atoms with van der Waals surface area (Å²) in [4.78, 5) is 51.0. The van der Waals surface area contributed by atoms with Crippen molar-refractivity contribution in [2.75, 3.05) is 0 Å². The molecule has 1 aliphatic carbocycles. The summed E-state index contributed by atoms with van der Waals surface area (Å²) < 4.78 is 0. The number of carbonyl (C=O) groups excluding carboxylic acids is 4. The average Bonchev–Trinajstić information content (AvgIpc) is 2.48. The van der Waals surface area contributed by atoms with Gasteiger partial charge in [-0.15, -0.1) is 0 Å². The van der Waals surface area contributed by atoms with E-state index in [1.165, 1.54) is 6.92 Å². The van der Waals surface area contributed by atoms with Crippen molar-refractivity contribution in [1.29, 1.82) is 0 Å². The highest BCUT2D eigenvalue weighted by atomic mass is 16.2. The van der Waals surface area contributed by atoms with Gasteiger partial charge in [0.25, 0.3) is 0 Å². The van der Waals surface area contributed by atoms with Crippen LogP contribution in [-0.2, 0) is 19.2 Å². The van der Waals surface area contributed by atoms with Gasteiger partial charge in [0.1, 0.15) is 5.41 Å². The second-order valence-electron chi connectivity index (χ2n) is 8.10. The largest absolute Gasteiger partial charge is 0.290 e. The highest BCUT2D eigenvalue weighted by Crippen LogP contribution is 2.42. The summed E-state index contributed by atoms with van der Waals surface area (Å²) in [6.07, 6.45) is 1.38. The van der Waals surface area contributed by atoms with Crippen molar-refractivity contribution >= 4 is 23.1 Å². The third-order valence-corrected chi connectivity index (χ3v) is 5.56. The van der Waals surface area contributed by atoms with Crippen molar-refractivity contribution < 1.29 is 19.2 Å². The fraction of sp³-hybridized carbons (Fsp3) is 0.778. The Labute approximate surface area is 133 Å². The fourth-order valence-corrected chi connectivity index (χ4v) is 2.90. The van der Waals surface area contributed by atoms with Crippen molar-refractivity contribution in [3.63, 3.8) is 0 Å². The second-order valence-corrected chi connectivity index (χ2v) is 8.10. The summed E-state index contributed by atoms with van der Waals surface area (Å²) in [5.74, 6) is -2.83. The predicted molar refractivity (Wildman–Crippen MR) is 84.4 cm³/mol. The molecule has 124 valence electrons. The maximum atomic E-state index is 12.8. The maximum Gasteiger partial charge on any atom is 0.212 e. The fourth-order valence-electron chi connectivity index (χ4n) is 2.90. The summed E-state index contributed by atoms with van der Waals surface area (Å²) in [5.41, 5.74) is -3.26. The summed E-state index contributed by atoms with van der Waals surface area (Å²) in [7, 11) is 0. The minimum atomic E-state index is -1.55. The van der Waals surface area contributed by atoms with Gasteiger partial charge in [0.05, 0.1) is 0 Å². The van der Waals surface area contributed by atoms with E-state index in [-0.39, 0.29) is 5.92 Å². The molecule has 0 aromatic rings. The first-order chi connectivity index (χ1) is 9.82. The summed E-state index contributed by atoms with van der Waals surface area (Å²) in [6.45, 7) is 12.0. The van der Waals surface area contributed by atoms with Gasteiger partial charge in [-0.05, 0) is 25.7 Å². The third kappa shape index (κ3) is 2.80. The minimum absolute atomic E-state index is 0.356. The lowest BCUT2D eigenvalue weighted by Crippen LogP contribution is -2.51. The molecule has 1 fully saturated rings. The molecular formula is C18H28O4. The predicted octanol–water partition coefficient (Wildman–Crippen LogP) is 3.16. The first-order valence-corrected chi connectivity index (χ1v) is 8.00. The van der Waals surface area contributed by atoms with E-state index in [2.05, 4.69) is 0 Å². The number of hydrogen-bond acceptors (Lipinski definition) is 4. The quantitative estimate of drug-likeness (QED) is 0.580. The molecule has 1 unspecified atom stereocenters. The zero-order chi connectivity index (χ0) is 17.5. The molecule has 1 atom stereocenters. The molecule has 0 bridgehead atoms. The SMILES string of the molecule is CCC(C)C1(C)C(=O)C(=O)C(C)(C)CCC(C)(C)C(=O)C1=O. The van der Waals surface area contributed by atoms with Crippen LogP contribution in [0.5, 0.6) is 0 Å². The van der Waals surface area contributed by atoms with Gasteiger partial charge >= 0.3 is 0 Å². The third-order valence-electron chi connectivity index (χ3n) is 5.56. The monoisotopic (exact) mass is 308 g/mol. The van der Waals surface area contributed by atoms with Gasteiger partial charge < -0.3 is 0 Å². The maximum absolute atomic E-state index is 12.8. The van der Waals surface area contributed by atoms with Crippen LogP contribution in [-0.4, -0.2) is 23.1 Å². The molecule has 0 aromatic carbocycles. The van der Waals surface area contributed by atoms with E-state index in [1.54, 1.807) is 34.6 Å². The molecule has 0 saturated heterocycles. The molecule has 0 spiro atoms. The van der Waals surface area contributed by atoms with Gasteiger partial charge in [0, 0.05) is 10.8 Å². The lowest BCUT2D eigenvalue weighted by Gasteiger charge is -2.33. The van der Waals surface area contributed by atoms with Crippen molar-refractivity contribution in [1.82, 2.24) is 0 Å². The molecule has 1 aliphatic rings. The van der Waals surface area contributed by atoms with Gasteiger partial charge in [-0.2, -0.15) is 0 Å². The summed E-state index contributed by atoms with van der Waals surface area (Å²) >= 11 is 0. The van der Waals surface area contributed by atoms with E-state index < -0.39 is 39.4 Å². The Balaban J connectivity index is 3.58. The molecular weight excluding hydrogens is 280 g/mol. The van der Waals surface area contributed by atoms with Gasteiger partial charge in [0.15, 0.2) is 0 Å². The van der Waals surface area contributed by atoms with Crippen molar-refractivity contribution in [3.05, 3.63) is 0 Å². The zero-order valence-electron chi connectivity index (χ0n) is 14.8. The Hall–Kier alpha value is -1.32. The van der Waals surface area contributed by atoms with Crippen LogP contribution in [0.25, 0.3) is 0 Å². The van der Waals surface area contributed by atoms with E-state index in [0.29, 0.717) is 19.3 Å². The number of carbonyl (C=O) groups is 4. The van der Waals surface area contributed by atoms with Crippen molar-refractivity contribution in [2.24, 2.45) is 22.2 Å². The van der Waals surface area contributed by atoms with E-state index in [0.717, 1.165) is 0 Å². The molecule has 0 N–H and O–H groups in total. The van der Waals surface area contributed by atoms with Gasteiger partial charge in [-0.1, -0.05) is 48.0 Å². The standard InChI is InChI=1S/C18H28O4/c1-8-11(2)18(7)14(21)12(19)16(3,4)9-10-17(5,6)13(20)15(18)22/h11H,8-10H2,1-7H3. The summed E-state index contributed by atoms with van der Waals surface area (Å²) in [6, 6.07) is 0. The Morgan fingerprint density at radius 3 is 1.36 bits per heavy atom. The number of Topliss-reactive ketones (excluding diaryl/α,β-unsaturated/α-hetero) is 4. The normalized spacial score (nSPS) is 26.1. The zero-order valence-corrected chi connectivity index (χ0v) is 14.8. The topological polar surface area (TPSA) is 68.3 Å². The van der Waals surface area contributed by atoms with Crippen LogP contribution in [0.1, 0.15) is 67.7 Å². The van der Waals surface area contributed by atoms with Crippen molar-refractivity contribution in [2.45, 2.75) is 67.7 Å². The molecule has 0 aliphatic heterocycles. The highest BCUT2D eigenvalue weighted by molar-refractivity contribution is 6.53. The second kappa shape index (κ2) is 5.71. The lowest BCUT2D eigenvalue weighted by atomic mass is 9.65. The molecule has 1 saturated carbocycles. The average molecular weight is 308 g/mol. The molecule has 0 amide bonds. The minimum Gasteiger partial charge on any atom is -0.290 e. The first-order valence-electron chi connectivity index (χ1n) is 8.00. The molecule has 22 heavy (non-hydrogen) atoms. The van der Waals surface area contributed by atoms with Crippen LogP contribution in [0.15, 0.2) is 0 Å². The summed E-state index contributed by atoms with van der Waals surface area (Å²) in [5, 5.41) is 0. The Bertz CT molecular complexity index is 485.